The number of methoxy groups -OCH3 is 1. The molecule has 1 fully saturated rings. The minimum absolute atomic E-state index is 0.196. The van der Waals surface area contributed by atoms with Crippen LogP contribution in [0, 0.1) is 0 Å². The summed E-state index contributed by atoms with van der Waals surface area (Å²) in [6.07, 6.45) is 4.83. The van der Waals surface area contributed by atoms with E-state index in [-0.39, 0.29) is 10.9 Å². The van der Waals surface area contributed by atoms with Crippen LogP contribution in [0.3, 0.4) is 0 Å². The number of rotatable bonds is 7. The van der Waals surface area contributed by atoms with Crippen LogP contribution in [-0.2, 0) is 14.8 Å². The highest BCUT2D eigenvalue weighted by Crippen LogP contribution is 2.16. The maximum Gasteiger partial charge on any atom is 0.246 e. The van der Waals surface area contributed by atoms with Crippen LogP contribution in [0.15, 0.2) is 17.3 Å². The molecule has 1 atom stereocenters. The zero-order valence-electron chi connectivity index (χ0n) is 11.0. The van der Waals surface area contributed by atoms with Crippen molar-refractivity contribution in [2.24, 2.45) is 0 Å². The van der Waals surface area contributed by atoms with Crippen molar-refractivity contribution in [2.45, 2.75) is 23.8 Å². The van der Waals surface area contributed by atoms with Crippen molar-refractivity contribution in [3.63, 3.8) is 0 Å². The summed E-state index contributed by atoms with van der Waals surface area (Å²) in [6, 6.07) is 0.221. The average Bonchev–Trinajstić information content (AvgIpc) is 3.06. The summed E-state index contributed by atoms with van der Waals surface area (Å²) in [5.41, 5.74) is 0. The maximum absolute atomic E-state index is 12.5. The lowest BCUT2D eigenvalue weighted by Crippen LogP contribution is -2.42. The Balaban J connectivity index is 2.11. The summed E-state index contributed by atoms with van der Waals surface area (Å²) in [5, 5.41) is 9.55. The third kappa shape index (κ3) is 3.53. The van der Waals surface area contributed by atoms with Crippen LogP contribution in [0.1, 0.15) is 12.8 Å². The van der Waals surface area contributed by atoms with Gasteiger partial charge in [-0.3, -0.25) is 5.10 Å². The molecule has 108 valence electrons. The number of hydrogen-bond donors (Lipinski definition) is 2. The Morgan fingerprint density at radius 2 is 2.42 bits per heavy atom. The van der Waals surface area contributed by atoms with Crippen molar-refractivity contribution in [3.05, 3.63) is 12.4 Å². The van der Waals surface area contributed by atoms with E-state index in [4.69, 9.17) is 4.74 Å². The van der Waals surface area contributed by atoms with Gasteiger partial charge in [0.25, 0.3) is 0 Å². The molecule has 1 aromatic heterocycles. The molecule has 0 spiro atoms. The van der Waals surface area contributed by atoms with Crippen molar-refractivity contribution < 1.29 is 13.2 Å². The first kappa shape index (κ1) is 14.4. The molecule has 0 bridgehead atoms. The molecule has 0 aromatic carbocycles. The minimum Gasteiger partial charge on any atom is -0.383 e. The fourth-order valence-corrected chi connectivity index (χ4v) is 3.57. The van der Waals surface area contributed by atoms with Crippen LogP contribution in [0.4, 0.5) is 0 Å². The van der Waals surface area contributed by atoms with E-state index < -0.39 is 10.0 Å². The zero-order valence-corrected chi connectivity index (χ0v) is 11.8. The summed E-state index contributed by atoms with van der Waals surface area (Å²) < 4.78 is 31.4. The predicted octanol–water partition coefficient (Wildman–Crippen LogP) is -0.201. The third-order valence-corrected chi connectivity index (χ3v) is 5.07. The predicted molar refractivity (Wildman–Crippen MR) is 70.2 cm³/mol. The lowest BCUT2D eigenvalue weighted by Gasteiger charge is -2.24. The molecule has 1 saturated heterocycles. The van der Waals surface area contributed by atoms with Gasteiger partial charge in [0.15, 0.2) is 0 Å². The van der Waals surface area contributed by atoms with Crippen LogP contribution in [0.5, 0.6) is 0 Å². The topological polar surface area (TPSA) is 87.3 Å². The van der Waals surface area contributed by atoms with E-state index in [9.17, 15) is 8.42 Å². The van der Waals surface area contributed by atoms with E-state index in [0.29, 0.717) is 19.7 Å². The lowest BCUT2D eigenvalue weighted by molar-refractivity contribution is 0.176. The molecular formula is C11H20N4O3S. The standard InChI is InChI=1S/C11H20N4O3S/c1-18-6-5-15(9-10-3-2-4-12-10)19(16,17)11-7-13-14-8-11/h7-8,10,12H,2-6,9H2,1H3,(H,13,14). The molecule has 1 unspecified atom stereocenters. The third-order valence-electron chi connectivity index (χ3n) is 3.24. The van der Waals surface area contributed by atoms with E-state index in [1.54, 1.807) is 7.11 Å². The Morgan fingerprint density at radius 1 is 1.58 bits per heavy atom. The van der Waals surface area contributed by atoms with Crippen molar-refractivity contribution in [3.8, 4) is 0 Å². The van der Waals surface area contributed by atoms with Crippen LogP contribution in [0.25, 0.3) is 0 Å². The average molecular weight is 288 g/mol. The molecule has 2 rings (SSSR count). The summed E-state index contributed by atoms with van der Waals surface area (Å²) in [7, 11) is -1.93. The SMILES string of the molecule is COCCN(CC1CCCN1)S(=O)(=O)c1cn[nH]c1. The fourth-order valence-electron chi connectivity index (χ4n) is 2.19. The first-order valence-corrected chi connectivity index (χ1v) is 7.80. The largest absolute Gasteiger partial charge is 0.383 e. The van der Waals surface area contributed by atoms with Gasteiger partial charge in [-0.25, -0.2) is 8.42 Å². The number of sulfonamides is 1. The quantitative estimate of drug-likeness (QED) is 0.725. The number of ether oxygens (including phenoxy) is 1. The number of hydrogen-bond acceptors (Lipinski definition) is 5. The summed E-state index contributed by atoms with van der Waals surface area (Å²) in [5.74, 6) is 0. The molecule has 19 heavy (non-hydrogen) atoms. The van der Waals surface area contributed by atoms with Gasteiger partial charge in [-0.1, -0.05) is 0 Å². The number of nitrogens with one attached hydrogen (secondary N) is 2. The Morgan fingerprint density at radius 3 is 3.00 bits per heavy atom. The highest BCUT2D eigenvalue weighted by molar-refractivity contribution is 7.89. The molecule has 0 aliphatic carbocycles. The number of nitrogens with zero attached hydrogens (tertiary/aromatic N) is 2. The zero-order chi connectivity index (χ0) is 13.7. The summed E-state index contributed by atoms with van der Waals surface area (Å²) in [6.45, 7) is 2.15. The molecule has 0 radical (unpaired) electrons. The van der Waals surface area contributed by atoms with Crippen LogP contribution in [-0.4, -0.2) is 62.3 Å². The summed E-state index contributed by atoms with van der Waals surface area (Å²) >= 11 is 0. The minimum atomic E-state index is -3.50. The van der Waals surface area contributed by atoms with Crippen molar-refractivity contribution in [1.82, 2.24) is 19.8 Å². The Bertz CT molecular complexity index is 468. The van der Waals surface area contributed by atoms with E-state index in [0.717, 1.165) is 19.4 Å². The molecule has 0 saturated carbocycles. The van der Waals surface area contributed by atoms with Gasteiger partial charge in [-0.05, 0) is 19.4 Å². The second-order valence-corrected chi connectivity index (χ2v) is 6.52. The van der Waals surface area contributed by atoms with Gasteiger partial charge in [0.1, 0.15) is 4.90 Å². The van der Waals surface area contributed by atoms with Gasteiger partial charge >= 0.3 is 0 Å². The number of H-pyrrole nitrogens is 1. The van der Waals surface area contributed by atoms with Crippen LogP contribution < -0.4 is 5.32 Å². The molecule has 2 heterocycles. The fraction of sp³-hybridized carbons (Fsp3) is 0.727. The van der Waals surface area contributed by atoms with Crippen LogP contribution >= 0.6 is 0 Å². The Labute approximate surface area is 113 Å². The first-order valence-electron chi connectivity index (χ1n) is 6.36. The first-order chi connectivity index (χ1) is 9.14. The van der Waals surface area contributed by atoms with Crippen molar-refractivity contribution in [2.75, 3.05) is 33.4 Å². The second kappa shape index (κ2) is 6.47. The van der Waals surface area contributed by atoms with E-state index >= 15 is 0 Å². The highest BCUT2D eigenvalue weighted by atomic mass is 32.2. The molecule has 0 amide bonds. The molecule has 7 nitrogen and oxygen atoms in total. The van der Waals surface area contributed by atoms with Gasteiger partial charge in [-0.2, -0.15) is 9.40 Å². The van der Waals surface area contributed by atoms with Crippen LogP contribution in [0.2, 0.25) is 0 Å². The number of aromatic nitrogens is 2. The molecule has 8 heteroatoms. The summed E-state index contributed by atoms with van der Waals surface area (Å²) in [4.78, 5) is 0.196. The number of aromatic amines is 1. The molecule has 1 aliphatic heterocycles. The Kier molecular flexibility index (Phi) is 4.92. The van der Waals surface area contributed by atoms with Gasteiger partial charge in [0, 0.05) is 32.4 Å². The lowest BCUT2D eigenvalue weighted by atomic mass is 10.2. The smallest absolute Gasteiger partial charge is 0.246 e. The van der Waals surface area contributed by atoms with Crippen molar-refractivity contribution >= 4 is 10.0 Å². The van der Waals surface area contributed by atoms with Gasteiger partial charge in [0.2, 0.25) is 10.0 Å². The van der Waals surface area contributed by atoms with E-state index in [1.807, 2.05) is 0 Å². The van der Waals surface area contributed by atoms with Gasteiger partial charge in [0.05, 0.1) is 12.8 Å². The van der Waals surface area contributed by atoms with E-state index in [2.05, 4.69) is 15.5 Å². The monoisotopic (exact) mass is 288 g/mol. The normalized spacial score (nSPS) is 20.2. The Hall–Kier alpha value is -0.960. The van der Waals surface area contributed by atoms with E-state index in [1.165, 1.54) is 16.7 Å². The molecule has 2 N–H and O–H groups in total. The second-order valence-electron chi connectivity index (χ2n) is 4.58. The molecule has 1 aromatic rings. The highest BCUT2D eigenvalue weighted by Gasteiger charge is 2.28. The maximum atomic E-state index is 12.5. The van der Waals surface area contributed by atoms with Gasteiger partial charge in [-0.15, -0.1) is 0 Å². The molecule has 1 aliphatic rings. The van der Waals surface area contributed by atoms with Crippen molar-refractivity contribution in [1.29, 1.82) is 0 Å². The molecular weight excluding hydrogens is 268 g/mol. The van der Waals surface area contributed by atoms with Gasteiger partial charge < -0.3 is 10.1 Å².